The zero-order valence-electron chi connectivity index (χ0n) is 26.8. The number of phenols is 1. The van der Waals surface area contributed by atoms with Crippen molar-refractivity contribution in [3.63, 3.8) is 0 Å². The lowest BCUT2D eigenvalue weighted by molar-refractivity contribution is 0.293. The van der Waals surface area contributed by atoms with Gasteiger partial charge in [-0.2, -0.15) is 10.5 Å². The van der Waals surface area contributed by atoms with Gasteiger partial charge in [-0.3, -0.25) is 0 Å². The highest BCUT2D eigenvalue weighted by Crippen LogP contribution is 2.15. The predicted molar refractivity (Wildman–Crippen MR) is 195 cm³/mol. The smallest absolute Gasteiger partial charge is 0.239 e. The lowest BCUT2D eigenvalue weighted by Crippen LogP contribution is -1.99. The molecule has 0 aromatic heterocycles. The van der Waals surface area contributed by atoms with Crippen LogP contribution in [0.1, 0.15) is 80.9 Å². The minimum absolute atomic E-state index is 0.238. The first-order chi connectivity index (χ1) is 22.6. The maximum absolute atomic E-state index is 8.84. The molecule has 0 aliphatic carbocycles. The normalized spacial score (nSPS) is 9.72. The summed E-state index contributed by atoms with van der Waals surface area (Å²) in [5, 5.41) is 28.1. The Morgan fingerprint density at radius 3 is 1.33 bits per heavy atom. The first-order valence-corrected chi connectivity index (χ1v) is 18.2. The largest absolute Gasteiger partial charge is 0.508 e. The highest BCUT2D eigenvalue weighted by Gasteiger charge is 1.99. The average molecular weight is 754 g/mol. The van der Waals surface area contributed by atoms with Crippen molar-refractivity contribution in [1.82, 2.24) is 0 Å². The molecule has 3 aromatic carbocycles. The number of benzene rings is 3. The van der Waals surface area contributed by atoms with Crippen molar-refractivity contribution in [1.29, 1.82) is 10.5 Å². The summed E-state index contributed by atoms with van der Waals surface area (Å²) in [7, 11) is 0. The molecule has 0 aliphatic rings. The molecule has 0 saturated heterocycles. The van der Waals surface area contributed by atoms with Crippen LogP contribution in [0.3, 0.4) is 0 Å². The molecular weight excluding hydrogens is 706 g/mol. The van der Waals surface area contributed by atoms with Crippen LogP contribution >= 0.6 is 31.9 Å². The van der Waals surface area contributed by atoms with E-state index in [1.807, 2.05) is 54.6 Å². The third kappa shape index (κ3) is 22.1. The monoisotopic (exact) mass is 751 g/mol. The molecule has 0 radical (unpaired) electrons. The predicted octanol–water partition coefficient (Wildman–Crippen LogP) is 10.8. The molecule has 0 aliphatic heterocycles. The summed E-state index contributed by atoms with van der Waals surface area (Å²) < 4.78 is 11.5. The van der Waals surface area contributed by atoms with Gasteiger partial charge in [-0.05, 0) is 85.3 Å². The van der Waals surface area contributed by atoms with E-state index in [4.69, 9.17) is 31.7 Å². The highest BCUT2D eigenvalue weighted by molar-refractivity contribution is 9.09. The van der Waals surface area contributed by atoms with Crippen molar-refractivity contribution in [2.75, 3.05) is 23.9 Å². The lowest BCUT2D eigenvalue weighted by atomic mass is 10.1. The Hall–Kier alpha value is -3.51. The zero-order chi connectivity index (χ0) is 33.5. The van der Waals surface area contributed by atoms with E-state index >= 15 is 0 Å². The number of halogens is 2. The average Bonchev–Trinajstić information content (AvgIpc) is 3.07. The number of nitrogens with zero attached hydrogens (tertiary/aromatic N) is 3. The third-order valence-corrected chi connectivity index (χ3v) is 7.83. The van der Waals surface area contributed by atoms with Gasteiger partial charge in [0.2, 0.25) is 6.54 Å². The van der Waals surface area contributed by atoms with Crippen LogP contribution in [0.2, 0.25) is 0 Å². The number of ether oxygens (including phenoxy) is 2. The van der Waals surface area contributed by atoms with E-state index in [2.05, 4.69) is 42.8 Å². The van der Waals surface area contributed by atoms with Gasteiger partial charge in [-0.1, -0.05) is 94.7 Å². The Balaban J connectivity index is 0.000000453. The van der Waals surface area contributed by atoms with Crippen molar-refractivity contribution < 1.29 is 14.6 Å². The maximum atomic E-state index is 8.84. The van der Waals surface area contributed by atoms with Crippen LogP contribution in [0.25, 0.3) is 4.85 Å². The van der Waals surface area contributed by atoms with Crippen LogP contribution in [0.15, 0.2) is 72.8 Å². The molecule has 0 spiro atoms. The fourth-order valence-corrected chi connectivity index (χ4v) is 4.91. The number of hydrogen-bond acceptors (Lipinski definition) is 5. The van der Waals surface area contributed by atoms with E-state index in [0.29, 0.717) is 19.4 Å². The number of rotatable bonds is 19. The van der Waals surface area contributed by atoms with Gasteiger partial charge in [0.05, 0.1) is 38.2 Å². The van der Waals surface area contributed by atoms with E-state index in [1.54, 1.807) is 24.3 Å². The second kappa shape index (κ2) is 28.9. The first kappa shape index (κ1) is 40.5. The van der Waals surface area contributed by atoms with Gasteiger partial charge < -0.3 is 19.4 Å². The van der Waals surface area contributed by atoms with Gasteiger partial charge in [0.25, 0.3) is 0 Å². The van der Waals surface area contributed by atoms with E-state index in [1.165, 1.54) is 49.2 Å². The van der Waals surface area contributed by atoms with Crippen molar-refractivity contribution in [3.05, 3.63) is 101 Å². The second-order valence-electron chi connectivity index (χ2n) is 10.6. The van der Waals surface area contributed by atoms with Gasteiger partial charge in [0.15, 0.2) is 0 Å². The summed E-state index contributed by atoms with van der Waals surface area (Å²) in [6, 6.07) is 26.3. The summed E-state index contributed by atoms with van der Waals surface area (Å²) in [5.41, 5.74) is 2.98. The van der Waals surface area contributed by atoms with E-state index in [-0.39, 0.29) is 5.75 Å². The summed E-state index contributed by atoms with van der Waals surface area (Å²) in [6.07, 6.45) is 13.3. The Bertz CT molecular complexity index is 1210. The van der Waals surface area contributed by atoms with Crippen LogP contribution in [0.5, 0.6) is 17.2 Å². The summed E-state index contributed by atoms with van der Waals surface area (Å²) in [4.78, 5) is 3.37. The lowest BCUT2D eigenvalue weighted by Gasteiger charge is -2.07. The molecule has 246 valence electrons. The van der Waals surface area contributed by atoms with E-state index in [0.717, 1.165) is 67.1 Å². The summed E-state index contributed by atoms with van der Waals surface area (Å²) in [5.74, 6) is 1.98. The minimum atomic E-state index is 0.238. The summed E-state index contributed by atoms with van der Waals surface area (Å²) in [6.45, 7) is 8.74. The maximum Gasteiger partial charge on any atom is 0.239 e. The zero-order valence-corrected chi connectivity index (χ0v) is 30.0. The number of alkyl halides is 2. The topological polar surface area (TPSA) is 90.6 Å². The van der Waals surface area contributed by atoms with Crippen LogP contribution < -0.4 is 9.47 Å². The van der Waals surface area contributed by atoms with Crippen LogP contribution in [0.4, 0.5) is 0 Å². The van der Waals surface area contributed by atoms with Gasteiger partial charge in [-0.15, -0.1) is 0 Å². The van der Waals surface area contributed by atoms with Crippen molar-refractivity contribution in [2.24, 2.45) is 0 Å². The SMILES string of the molecule is BrCCCCCCCBr.N#CCc1ccc(O)cc1.[C-]#[N+]Cc1ccc(OCCCCCCCOc2ccc(CC#N)cc2)cc1. The third-order valence-electron chi connectivity index (χ3n) is 6.70. The molecule has 46 heavy (non-hydrogen) atoms. The van der Waals surface area contributed by atoms with Crippen LogP contribution in [0, 0.1) is 29.2 Å². The summed E-state index contributed by atoms with van der Waals surface area (Å²) >= 11 is 6.82. The number of hydrogen-bond donors (Lipinski definition) is 1. The van der Waals surface area contributed by atoms with Crippen molar-refractivity contribution in [2.45, 2.75) is 83.6 Å². The number of nitriles is 2. The highest BCUT2D eigenvalue weighted by atomic mass is 79.9. The van der Waals surface area contributed by atoms with Gasteiger partial charge in [-0.25, -0.2) is 6.57 Å². The molecule has 3 aromatic rings. The van der Waals surface area contributed by atoms with E-state index < -0.39 is 0 Å². The Morgan fingerprint density at radius 1 is 0.565 bits per heavy atom. The van der Waals surface area contributed by atoms with Gasteiger partial charge in [0.1, 0.15) is 17.2 Å². The Morgan fingerprint density at radius 2 is 0.935 bits per heavy atom. The molecule has 0 heterocycles. The molecule has 0 unspecified atom stereocenters. The van der Waals surface area contributed by atoms with Gasteiger partial charge in [0, 0.05) is 16.2 Å². The second-order valence-corrected chi connectivity index (χ2v) is 12.1. The molecule has 8 heteroatoms. The standard InChI is InChI=1S/C23H26N2O2.C8H7NO.C7H14Br2/c1-25-19-21-9-13-23(14-10-21)27-18-6-4-2-3-5-17-26-22-11-7-20(8-12-22)15-16-24;9-6-5-7-1-3-8(10)4-2-7;8-6-4-2-1-3-5-7-9/h7-14H,2-6,15,17-19H2;1-4,10H,5H2;1-7H2. The fraction of sp³-hybridized carbons (Fsp3) is 0.447. The molecule has 0 saturated carbocycles. The molecule has 3 rings (SSSR count). The van der Waals surface area contributed by atoms with Crippen LogP contribution in [-0.2, 0) is 19.4 Å². The van der Waals surface area contributed by atoms with Crippen molar-refractivity contribution in [3.8, 4) is 29.4 Å². The Labute approximate surface area is 293 Å². The molecular formula is C38H47Br2N3O3. The fourth-order valence-electron chi connectivity index (χ4n) is 4.12. The minimum Gasteiger partial charge on any atom is -0.508 e. The molecule has 1 N–H and O–H groups in total. The molecule has 0 fully saturated rings. The quantitative estimate of drug-likeness (QED) is 0.0748. The number of unbranched alkanes of at least 4 members (excludes halogenated alkanes) is 8. The first-order valence-electron chi connectivity index (χ1n) is 16.0. The van der Waals surface area contributed by atoms with Gasteiger partial charge >= 0.3 is 0 Å². The molecule has 6 nitrogen and oxygen atoms in total. The Kier molecular flexibility index (Phi) is 25.5. The number of aromatic hydroxyl groups is 1. The van der Waals surface area contributed by atoms with E-state index in [9.17, 15) is 0 Å². The van der Waals surface area contributed by atoms with Crippen LogP contribution in [-0.4, -0.2) is 29.0 Å². The van der Waals surface area contributed by atoms with Crippen molar-refractivity contribution >= 4 is 31.9 Å². The molecule has 0 atom stereocenters. The number of phenolic OH excluding ortho intramolecular Hbond substituents is 1. The molecule has 0 bridgehead atoms. The molecule has 0 amide bonds.